The molecule has 38 heavy (non-hydrogen) atoms. The maximum Gasteiger partial charge on any atom is 0.407 e. The Morgan fingerprint density at radius 1 is 0.763 bits per heavy atom. The Bertz CT molecular complexity index is 791. The van der Waals surface area contributed by atoms with Crippen LogP contribution in [0.1, 0.15) is 40.5 Å². The van der Waals surface area contributed by atoms with Gasteiger partial charge in [-0.05, 0) is 40.5 Å². The van der Waals surface area contributed by atoms with Crippen molar-refractivity contribution in [3.63, 3.8) is 0 Å². The first-order valence-electron chi connectivity index (χ1n) is 12.9. The third-order valence-electron chi connectivity index (χ3n) is 7.45. The van der Waals surface area contributed by atoms with Gasteiger partial charge < -0.3 is 15.3 Å². The Morgan fingerprint density at radius 3 is 1.63 bits per heavy atom. The molecule has 222 valence electrons. The van der Waals surface area contributed by atoms with Gasteiger partial charge in [0.15, 0.2) is 0 Å². The summed E-state index contributed by atoms with van der Waals surface area (Å²) in [5.41, 5.74) is -3.41. The molecule has 2 N–H and O–H groups in total. The third kappa shape index (κ3) is 8.60. The quantitative estimate of drug-likeness (QED) is 0.502. The molecule has 1 atom stereocenters. The van der Waals surface area contributed by atoms with Crippen LogP contribution in [0.5, 0.6) is 0 Å². The summed E-state index contributed by atoms with van der Waals surface area (Å²) in [4.78, 5) is 29.9. The SMILES string of the molecule is CC(C)(CN1CCN(C(=O)[C@@H]2CCCN2C(=O)O)CC1)C(F)(F)F.CC(C)(CN1CCNCC1)C(F)(F)F. The number of amides is 2. The fourth-order valence-corrected chi connectivity index (χ4v) is 4.76. The van der Waals surface area contributed by atoms with E-state index >= 15 is 0 Å². The van der Waals surface area contributed by atoms with E-state index < -0.39 is 35.3 Å². The van der Waals surface area contributed by atoms with Crippen LogP contribution in [0.2, 0.25) is 0 Å². The van der Waals surface area contributed by atoms with E-state index in [9.17, 15) is 35.9 Å². The molecule has 0 unspecified atom stereocenters. The number of nitrogens with one attached hydrogen (secondary N) is 1. The summed E-state index contributed by atoms with van der Waals surface area (Å²) >= 11 is 0. The number of nitrogens with zero attached hydrogens (tertiary/aromatic N) is 4. The maximum atomic E-state index is 13.0. The zero-order valence-electron chi connectivity index (χ0n) is 22.6. The number of rotatable bonds is 5. The van der Waals surface area contributed by atoms with E-state index in [0.29, 0.717) is 58.7 Å². The molecule has 0 radical (unpaired) electrons. The number of carboxylic acid groups (broad SMARTS) is 1. The van der Waals surface area contributed by atoms with Gasteiger partial charge in [0, 0.05) is 72.0 Å². The van der Waals surface area contributed by atoms with Crippen LogP contribution in [0.3, 0.4) is 0 Å². The number of halogens is 6. The molecule has 2 amide bonds. The van der Waals surface area contributed by atoms with Crippen LogP contribution < -0.4 is 5.32 Å². The molecule has 3 heterocycles. The summed E-state index contributed by atoms with van der Waals surface area (Å²) in [6.07, 6.45) is -8.32. The topological polar surface area (TPSA) is 79.4 Å². The Morgan fingerprint density at radius 2 is 1.21 bits per heavy atom. The molecular formula is C24H41F6N5O3. The number of likely N-dealkylation sites (tertiary alicyclic amines) is 1. The average Bonchev–Trinajstić information content (AvgIpc) is 3.29. The lowest BCUT2D eigenvalue weighted by molar-refractivity contribution is -0.217. The summed E-state index contributed by atoms with van der Waals surface area (Å²) in [6.45, 7) is 9.59. The highest BCUT2D eigenvalue weighted by Crippen LogP contribution is 2.39. The van der Waals surface area contributed by atoms with Gasteiger partial charge in [-0.15, -0.1) is 0 Å². The van der Waals surface area contributed by atoms with Gasteiger partial charge in [-0.25, -0.2) is 4.79 Å². The molecule has 0 aromatic heterocycles. The van der Waals surface area contributed by atoms with Crippen molar-refractivity contribution in [2.45, 2.75) is 58.9 Å². The average molecular weight is 562 g/mol. The van der Waals surface area contributed by atoms with Crippen LogP contribution in [-0.2, 0) is 4.79 Å². The van der Waals surface area contributed by atoms with E-state index in [-0.39, 0.29) is 19.0 Å². The summed E-state index contributed by atoms with van der Waals surface area (Å²) < 4.78 is 76.5. The number of carbonyl (C=O) groups is 2. The number of carbonyl (C=O) groups excluding carboxylic acids is 1. The molecule has 14 heteroatoms. The summed E-state index contributed by atoms with van der Waals surface area (Å²) in [5.74, 6) is -0.232. The zero-order valence-corrected chi connectivity index (χ0v) is 22.6. The Hall–Kier alpha value is -1.80. The highest BCUT2D eigenvalue weighted by molar-refractivity contribution is 5.86. The smallest absolute Gasteiger partial charge is 0.407 e. The first-order valence-corrected chi connectivity index (χ1v) is 12.9. The van der Waals surface area contributed by atoms with Gasteiger partial charge >= 0.3 is 18.4 Å². The van der Waals surface area contributed by atoms with E-state index in [1.165, 1.54) is 27.7 Å². The number of hydrogen-bond donors (Lipinski definition) is 2. The molecule has 3 rings (SSSR count). The molecule has 8 nitrogen and oxygen atoms in total. The fourth-order valence-electron chi connectivity index (χ4n) is 4.76. The van der Waals surface area contributed by atoms with Crippen LogP contribution in [0.4, 0.5) is 31.1 Å². The lowest BCUT2D eigenvalue weighted by Crippen LogP contribution is -2.56. The van der Waals surface area contributed by atoms with Crippen molar-refractivity contribution in [1.82, 2.24) is 24.9 Å². The van der Waals surface area contributed by atoms with Crippen molar-refractivity contribution < 1.29 is 41.0 Å². The molecule has 0 saturated carbocycles. The predicted octanol–water partition coefficient (Wildman–Crippen LogP) is 3.34. The summed E-state index contributed by atoms with van der Waals surface area (Å²) in [6, 6.07) is -0.652. The fraction of sp³-hybridized carbons (Fsp3) is 0.917. The van der Waals surface area contributed by atoms with Crippen LogP contribution in [0.25, 0.3) is 0 Å². The van der Waals surface area contributed by atoms with Crippen molar-refractivity contribution in [3.05, 3.63) is 0 Å². The molecule has 0 spiro atoms. The van der Waals surface area contributed by atoms with Gasteiger partial charge in [-0.3, -0.25) is 19.5 Å². The number of piperazine rings is 2. The molecular weight excluding hydrogens is 520 g/mol. The molecule has 3 aliphatic heterocycles. The van der Waals surface area contributed by atoms with Crippen molar-refractivity contribution in [1.29, 1.82) is 0 Å². The van der Waals surface area contributed by atoms with Gasteiger partial charge in [0.2, 0.25) is 5.91 Å². The standard InChI is InChI=1S/C15H24F3N3O3.C9H17F3N2/c1-14(2,15(16,17)18)10-19-6-8-20(9-7-19)12(22)11-4-3-5-21(11)13(23)24;1-8(2,9(10,11)12)7-14-5-3-13-4-6-14/h11H,3-10H2,1-2H3,(H,23,24);13H,3-7H2,1-2H3/t11-;/m0./s1. The third-order valence-corrected chi connectivity index (χ3v) is 7.45. The number of hydrogen-bond acceptors (Lipinski definition) is 5. The molecule has 0 aliphatic carbocycles. The molecule has 3 fully saturated rings. The first-order chi connectivity index (χ1) is 17.4. The minimum atomic E-state index is -4.27. The van der Waals surface area contributed by atoms with Gasteiger partial charge in [-0.1, -0.05) is 0 Å². The zero-order chi connectivity index (χ0) is 28.9. The lowest BCUT2D eigenvalue weighted by atomic mass is 9.91. The van der Waals surface area contributed by atoms with Crippen molar-refractivity contribution in [3.8, 4) is 0 Å². The van der Waals surface area contributed by atoms with Gasteiger partial charge in [0.1, 0.15) is 6.04 Å². The van der Waals surface area contributed by atoms with Crippen molar-refractivity contribution in [2.24, 2.45) is 10.8 Å². The van der Waals surface area contributed by atoms with Crippen LogP contribution >= 0.6 is 0 Å². The maximum absolute atomic E-state index is 13.0. The first kappa shape index (κ1) is 32.4. The molecule has 0 bridgehead atoms. The Balaban J connectivity index is 0.000000308. The Labute approximate surface area is 220 Å². The van der Waals surface area contributed by atoms with E-state index in [2.05, 4.69) is 5.32 Å². The largest absolute Gasteiger partial charge is 0.465 e. The summed E-state index contributed by atoms with van der Waals surface area (Å²) in [7, 11) is 0. The van der Waals surface area contributed by atoms with Gasteiger partial charge in [0.25, 0.3) is 0 Å². The van der Waals surface area contributed by atoms with Crippen molar-refractivity contribution >= 4 is 12.0 Å². The van der Waals surface area contributed by atoms with E-state index in [1.807, 2.05) is 4.90 Å². The van der Waals surface area contributed by atoms with Crippen LogP contribution in [0.15, 0.2) is 0 Å². The van der Waals surface area contributed by atoms with E-state index in [1.54, 1.807) is 9.80 Å². The van der Waals surface area contributed by atoms with E-state index in [0.717, 1.165) is 18.0 Å². The second-order valence-corrected chi connectivity index (χ2v) is 11.5. The predicted molar refractivity (Wildman–Crippen MR) is 130 cm³/mol. The highest BCUT2D eigenvalue weighted by atomic mass is 19.4. The monoisotopic (exact) mass is 561 g/mol. The normalized spacial score (nSPS) is 22.7. The van der Waals surface area contributed by atoms with E-state index in [4.69, 9.17) is 5.11 Å². The van der Waals surface area contributed by atoms with Crippen LogP contribution in [-0.4, -0.2) is 127 Å². The summed E-state index contributed by atoms with van der Waals surface area (Å²) in [5, 5.41) is 12.2. The highest BCUT2D eigenvalue weighted by Gasteiger charge is 2.49. The molecule has 3 saturated heterocycles. The second-order valence-electron chi connectivity index (χ2n) is 11.5. The second kappa shape index (κ2) is 12.6. The minimum absolute atomic E-state index is 0.0954. The molecule has 3 aliphatic rings. The van der Waals surface area contributed by atoms with Gasteiger partial charge in [0.05, 0.1) is 10.8 Å². The van der Waals surface area contributed by atoms with Crippen molar-refractivity contribution in [2.75, 3.05) is 72.0 Å². The lowest BCUT2D eigenvalue weighted by Gasteiger charge is -2.40. The minimum Gasteiger partial charge on any atom is -0.465 e. The Kier molecular flexibility index (Phi) is 10.7. The molecule has 0 aromatic carbocycles. The number of alkyl halides is 6. The molecule has 0 aromatic rings. The van der Waals surface area contributed by atoms with Gasteiger partial charge in [-0.2, -0.15) is 26.3 Å². The van der Waals surface area contributed by atoms with Crippen LogP contribution in [0, 0.1) is 10.8 Å².